The van der Waals surface area contributed by atoms with E-state index in [2.05, 4.69) is 12.2 Å². The molecule has 1 aliphatic heterocycles. The number of piperidine rings is 1. The summed E-state index contributed by atoms with van der Waals surface area (Å²) in [5.74, 6) is -0.657. The normalized spacial score (nSPS) is 14.8. The van der Waals surface area contributed by atoms with Gasteiger partial charge in [0.2, 0.25) is 0 Å². The maximum atomic E-state index is 13.0. The summed E-state index contributed by atoms with van der Waals surface area (Å²) in [4.78, 5) is 39.0. The lowest BCUT2D eigenvalue weighted by atomic mass is 9.99. The zero-order valence-electron chi connectivity index (χ0n) is 19.5. The van der Waals surface area contributed by atoms with E-state index in [1.165, 1.54) is 49.6 Å². The Labute approximate surface area is 198 Å². The highest BCUT2D eigenvalue weighted by Crippen LogP contribution is 2.28. The number of halogens is 1. The topological polar surface area (TPSA) is 94.2 Å². The molecule has 1 fully saturated rings. The molecule has 1 heterocycles. The number of esters is 1. The summed E-state index contributed by atoms with van der Waals surface area (Å²) in [6.45, 7) is 4.72. The molecule has 34 heavy (non-hydrogen) atoms. The fourth-order valence-corrected chi connectivity index (χ4v) is 3.55. The fraction of sp³-hybridized carbons (Fsp3) is 0.400. The van der Waals surface area contributed by atoms with Gasteiger partial charge in [0.25, 0.3) is 11.8 Å². The SMILES string of the molecule is COc1cc(C(=O)O[C@@H](C)C(=O)N2CCC(C)CC2)ccc1OCC(=O)Nc1ccc(F)cc1. The molecule has 0 aliphatic carbocycles. The Bertz CT molecular complexity index is 1020. The second-order valence-corrected chi connectivity index (χ2v) is 8.26. The average molecular weight is 473 g/mol. The van der Waals surface area contributed by atoms with Crippen LogP contribution in [0.2, 0.25) is 0 Å². The molecule has 8 nitrogen and oxygen atoms in total. The quantitative estimate of drug-likeness (QED) is 0.590. The monoisotopic (exact) mass is 472 g/mol. The Hall–Kier alpha value is -3.62. The lowest BCUT2D eigenvalue weighted by Gasteiger charge is -2.31. The first-order valence-electron chi connectivity index (χ1n) is 11.1. The summed E-state index contributed by atoms with van der Waals surface area (Å²) in [6.07, 6.45) is 0.970. The van der Waals surface area contributed by atoms with E-state index in [0.717, 1.165) is 12.8 Å². The number of nitrogens with zero attached hydrogens (tertiary/aromatic N) is 1. The lowest BCUT2D eigenvalue weighted by molar-refractivity contribution is -0.141. The van der Waals surface area contributed by atoms with E-state index in [9.17, 15) is 18.8 Å². The van der Waals surface area contributed by atoms with Gasteiger partial charge in [0.05, 0.1) is 12.7 Å². The number of hydrogen-bond acceptors (Lipinski definition) is 6. The van der Waals surface area contributed by atoms with Gasteiger partial charge in [-0.2, -0.15) is 0 Å². The van der Waals surface area contributed by atoms with Crippen molar-refractivity contribution >= 4 is 23.5 Å². The van der Waals surface area contributed by atoms with Crippen LogP contribution in [0.25, 0.3) is 0 Å². The number of nitrogens with one attached hydrogen (secondary N) is 1. The van der Waals surface area contributed by atoms with Crippen molar-refractivity contribution in [1.82, 2.24) is 4.90 Å². The number of hydrogen-bond donors (Lipinski definition) is 1. The van der Waals surface area contributed by atoms with Crippen molar-refractivity contribution < 1.29 is 33.0 Å². The Morgan fingerprint density at radius 1 is 1.09 bits per heavy atom. The number of ether oxygens (including phenoxy) is 3. The van der Waals surface area contributed by atoms with E-state index in [0.29, 0.717) is 24.7 Å². The first-order chi connectivity index (χ1) is 16.3. The molecule has 2 aromatic rings. The number of carbonyl (C=O) groups excluding carboxylic acids is 3. The highest BCUT2D eigenvalue weighted by molar-refractivity contribution is 5.93. The van der Waals surface area contributed by atoms with E-state index >= 15 is 0 Å². The largest absolute Gasteiger partial charge is 0.493 e. The van der Waals surface area contributed by atoms with Gasteiger partial charge >= 0.3 is 5.97 Å². The van der Waals surface area contributed by atoms with Gasteiger partial charge in [0.1, 0.15) is 5.82 Å². The molecule has 0 unspecified atom stereocenters. The van der Waals surface area contributed by atoms with E-state index in [-0.39, 0.29) is 29.6 Å². The van der Waals surface area contributed by atoms with Crippen LogP contribution in [0.1, 0.15) is 37.0 Å². The molecule has 0 bridgehead atoms. The summed E-state index contributed by atoms with van der Waals surface area (Å²) in [5, 5.41) is 2.59. The first-order valence-corrected chi connectivity index (χ1v) is 11.1. The molecule has 1 saturated heterocycles. The van der Waals surface area contributed by atoms with Crippen LogP contribution in [0.5, 0.6) is 11.5 Å². The minimum absolute atomic E-state index is 0.187. The third-order valence-corrected chi connectivity index (χ3v) is 5.61. The molecule has 3 rings (SSSR count). The second-order valence-electron chi connectivity index (χ2n) is 8.26. The number of rotatable bonds is 8. The summed E-state index contributed by atoms with van der Waals surface area (Å²) in [5.41, 5.74) is 0.620. The van der Waals surface area contributed by atoms with E-state index in [1.807, 2.05) is 0 Å². The fourth-order valence-electron chi connectivity index (χ4n) is 3.55. The molecule has 1 aliphatic rings. The van der Waals surface area contributed by atoms with Crippen molar-refractivity contribution in [3.05, 3.63) is 53.8 Å². The molecule has 2 amide bonds. The maximum Gasteiger partial charge on any atom is 0.339 e. The molecule has 9 heteroatoms. The summed E-state index contributed by atoms with van der Waals surface area (Å²) < 4.78 is 29.1. The van der Waals surface area contributed by atoms with Crippen LogP contribution in [0.4, 0.5) is 10.1 Å². The van der Waals surface area contributed by atoms with Crippen molar-refractivity contribution in [3.63, 3.8) is 0 Å². The zero-order chi connectivity index (χ0) is 24.7. The Morgan fingerprint density at radius 3 is 2.41 bits per heavy atom. The van der Waals surface area contributed by atoms with Gasteiger partial charge in [-0.25, -0.2) is 9.18 Å². The van der Waals surface area contributed by atoms with Crippen LogP contribution in [0.3, 0.4) is 0 Å². The van der Waals surface area contributed by atoms with Crippen molar-refractivity contribution in [3.8, 4) is 11.5 Å². The molecule has 2 aromatic carbocycles. The third-order valence-electron chi connectivity index (χ3n) is 5.61. The Balaban J connectivity index is 1.55. The number of carbonyl (C=O) groups is 3. The van der Waals surface area contributed by atoms with Crippen LogP contribution in [0.15, 0.2) is 42.5 Å². The van der Waals surface area contributed by atoms with Gasteiger partial charge in [-0.3, -0.25) is 9.59 Å². The average Bonchev–Trinajstić information content (AvgIpc) is 2.84. The van der Waals surface area contributed by atoms with Crippen LogP contribution in [0, 0.1) is 11.7 Å². The Kier molecular flexibility index (Phi) is 8.45. The molecule has 0 radical (unpaired) electrons. The van der Waals surface area contributed by atoms with Crippen LogP contribution < -0.4 is 14.8 Å². The van der Waals surface area contributed by atoms with Crippen molar-refractivity contribution in [2.45, 2.75) is 32.8 Å². The number of methoxy groups -OCH3 is 1. The molecular formula is C25H29FN2O6. The van der Waals surface area contributed by atoms with Gasteiger partial charge in [-0.05, 0) is 68.1 Å². The molecule has 0 spiro atoms. The lowest BCUT2D eigenvalue weighted by Crippen LogP contribution is -2.44. The number of likely N-dealkylation sites (tertiary alicyclic amines) is 1. The van der Waals surface area contributed by atoms with Gasteiger partial charge in [-0.1, -0.05) is 6.92 Å². The summed E-state index contributed by atoms with van der Waals surface area (Å²) in [6, 6.07) is 9.72. The smallest absolute Gasteiger partial charge is 0.339 e. The highest BCUT2D eigenvalue weighted by atomic mass is 19.1. The minimum Gasteiger partial charge on any atom is -0.493 e. The second kappa shape index (κ2) is 11.5. The minimum atomic E-state index is -0.905. The highest BCUT2D eigenvalue weighted by Gasteiger charge is 2.27. The van der Waals surface area contributed by atoms with Crippen LogP contribution >= 0.6 is 0 Å². The standard InChI is InChI=1S/C25H29FN2O6/c1-16-10-12-28(13-11-16)24(30)17(2)34-25(31)18-4-9-21(22(14-18)32-3)33-15-23(29)27-20-7-5-19(26)6-8-20/h4-9,14,16-17H,10-13,15H2,1-3H3,(H,27,29)/t17-/m0/s1. The van der Waals surface area contributed by atoms with Crippen molar-refractivity contribution in [1.29, 1.82) is 0 Å². The van der Waals surface area contributed by atoms with Crippen molar-refractivity contribution in [2.24, 2.45) is 5.92 Å². The zero-order valence-corrected chi connectivity index (χ0v) is 19.5. The summed E-state index contributed by atoms with van der Waals surface area (Å²) >= 11 is 0. The number of amides is 2. The third kappa shape index (κ3) is 6.69. The molecule has 0 aromatic heterocycles. The number of anilines is 1. The van der Waals surface area contributed by atoms with E-state index in [1.54, 1.807) is 11.8 Å². The molecule has 182 valence electrons. The van der Waals surface area contributed by atoms with Crippen molar-refractivity contribution in [2.75, 3.05) is 32.1 Å². The summed E-state index contributed by atoms with van der Waals surface area (Å²) in [7, 11) is 1.40. The molecular weight excluding hydrogens is 443 g/mol. The Morgan fingerprint density at radius 2 is 1.76 bits per heavy atom. The van der Waals surface area contributed by atoms with Gasteiger partial charge < -0.3 is 24.4 Å². The first kappa shape index (κ1) is 25.0. The van der Waals surface area contributed by atoms with Gasteiger partial charge in [-0.15, -0.1) is 0 Å². The van der Waals surface area contributed by atoms with Crippen LogP contribution in [-0.2, 0) is 14.3 Å². The van der Waals surface area contributed by atoms with E-state index < -0.39 is 23.8 Å². The molecule has 1 atom stereocenters. The maximum absolute atomic E-state index is 13.0. The number of benzene rings is 2. The molecule has 0 saturated carbocycles. The van der Waals surface area contributed by atoms with Gasteiger partial charge in [0.15, 0.2) is 24.2 Å². The van der Waals surface area contributed by atoms with Gasteiger partial charge in [0, 0.05) is 18.8 Å². The predicted octanol–water partition coefficient (Wildman–Crippen LogP) is 3.66. The predicted molar refractivity (Wildman–Crippen MR) is 123 cm³/mol. The van der Waals surface area contributed by atoms with E-state index in [4.69, 9.17) is 14.2 Å². The van der Waals surface area contributed by atoms with Crippen LogP contribution in [-0.4, -0.2) is 55.6 Å². The molecule has 1 N–H and O–H groups in total.